The van der Waals surface area contributed by atoms with Crippen LogP contribution in [-0.2, 0) is 6.54 Å². The summed E-state index contributed by atoms with van der Waals surface area (Å²) in [5.41, 5.74) is 0.895. The van der Waals surface area contributed by atoms with Crippen molar-refractivity contribution >= 4 is 59.0 Å². The molecule has 138 valence electrons. The molecule has 2 rings (SSSR count). The van der Waals surface area contributed by atoms with Crippen LogP contribution < -0.4 is 16.0 Å². The average molecular weight is 499 g/mol. The van der Waals surface area contributed by atoms with Crippen LogP contribution in [0, 0.1) is 13.8 Å². The number of aromatic nitrogens is 2. The van der Waals surface area contributed by atoms with E-state index in [1.54, 1.807) is 19.3 Å². The summed E-state index contributed by atoms with van der Waals surface area (Å²) in [4.78, 5) is 12.6. The quantitative estimate of drug-likeness (QED) is 0.245. The molecule has 0 saturated heterocycles. The monoisotopic (exact) mass is 498 g/mol. The Morgan fingerprint density at radius 1 is 1.24 bits per heavy atom. The van der Waals surface area contributed by atoms with Crippen molar-refractivity contribution in [3.63, 3.8) is 0 Å². The van der Waals surface area contributed by atoms with Crippen LogP contribution in [0.25, 0.3) is 0 Å². The SMILES string of the molecule is CN=C(NCCNc1ncc(Cl)cc1Cl)NCc1nc(C)c(C)o1.I. The van der Waals surface area contributed by atoms with Crippen LogP contribution in [0.5, 0.6) is 0 Å². The number of anilines is 1. The molecule has 2 aromatic heterocycles. The number of oxazole rings is 1. The van der Waals surface area contributed by atoms with Crippen molar-refractivity contribution in [1.82, 2.24) is 20.6 Å². The first-order valence-electron chi connectivity index (χ1n) is 7.42. The number of nitrogens with zero attached hydrogens (tertiary/aromatic N) is 3. The van der Waals surface area contributed by atoms with Gasteiger partial charge in [-0.05, 0) is 19.9 Å². The number of rotatable bonds is 6. The predicted molar refractivity (Wildman–Crippen MR) is 112 cm³/mol. The molecule has 2 heterocycles. The van der Waals surface area contributed by atoms with Crippen molar-refractivity contribution in [1.29, 1.82) is 0 Å². The maximum Gasteiger partial charge on any atom is 0.214 e. The Balaban J connectivity index is 0.00000312. The van der Waals surface area contributed by atoms with Gasteiger partial charge in [0.25, 0.3) is 0 Å². The highest BCUT2D eigenvalue weighted by molar-refractivity contribution is 14.0. The molecule has 7 nitrogen and oxygen atoms in total. The Morgan fingerprint density at radius 3 is 2.60 bits per heavy atom. The molecule has 0 bridgehead atoms. The zero-order valence-electron chi connectivity index (χ0n) is 14.2. The number of pyridine rings is 1. The maximum absolute atomic E-state index is 6.05. The van der Waals surface area contributed by atoms with E-state index >= 15 is 0 Å². The lowest BCUT2D eigenvalue weighted by molar-refractivity contribution is 0.464. The Morgan fingerprint density at radius 2 is 2.00 bits per heavy atom. The van der Waals surface area contributed by atoms with E-state index in [0.29, 0.717) is 47.3 Å². The minimum Gasteiger partial charge on any atom is -0.444 e. The minimum absolute atomic E-state index is 0. The van der Waals surface area contributed by atoms with E-state index < -0.39 is 0 Å². The molecule has 0 saturated carbocycles. The van der Waals surface area contributed by atoms with Gasteiger partial charge in [0.1, 0.15) is 11.6 Å². The van der Waals surface area contributed by atoms with Gasteiger partial charge >= 0.3 is 0 Å². The molecule has 0 amide bonds. The highest BCUT2D eigenvalue weighted by Crippen LogP contribution is 2.21. The van der Waals surface area contributed by atoms with Gasteiger partial charge in [-0.15, -0.1) is 24.0 Å². The standard InChI is InChI=1S/C15H20Cl2N6O.HI/c1-9-10(2)24-13(23-9)8-22-15(18-3)20-5-4-19-14-12(17)6-11(16)7-21-14;/h6-7H,4-5,8H2,1-3H3,(H,19,21)(H2,18,20,22);1H. The van der Waals surface area contributed by atoms with E-state index in [4.69, 9.17) is 27.6 Å². The number of aliphatic imine (C=N–C) groups is 1. The highest BCUT2D eigenvalue weighted by atomic mass is 127. The third-order valence-electron chi connectivity index (χ3n) is 3.22. The highest BCUT2D eigenvalue weighted by Gasteiger charge is 2.06. The molecule has 0 aromatic carbocycles. The number of guanidine groups is 1. The maximum atomic E-state index is 6.05. The summed E-state index contributed by atoms with van der Waals surface area (Å²) in [6, 6.07) is 1.65. The van der Waals surface area contributed by atoms with Crippen molar-refractivity contribution in [2.24, 2.45) is 4.99 Å². The molecule has 3 N–H and O–H groups in total. The lowest BCUT2D eigenvalue weighted by Gasteiger charge is -2.12. The third-order valence-corrected chi connectivity index (χ3v) is 3.72. The number of halogens is 3. The Hall–Kier alpha value is -1.26. The van der Waals surface area contributed by atoms with Crippen molar-refractivity contribution in [2.45, 2.75) is 20.4 Å². The van der Waals surface area contributed by atoms with E-state index in [2.05, 4.69) is 30.9 Å². The predicted octanol–water partition coefficient (Wildman–Crippen LogP) is 3.39. The average Bonchev–Trinajstić information content (AvgIpc) is 2.86. The summed E-state index contributed by atoms with van der Waals surface area (Å²) in [6.07, 6.45) is 1.55. The summed E-state index contributed by atoms with van der Waals surface area (Å²) < 4.78 is 5.51. The van der Waals surface area contributed by atoms with Gasteiger partial charge in [-0.3, -0.25) is 4.99 Å². The second-order valence-electron chi connectivity index (χ2n) is 5.01. The number of nitrogens with one attached hydrogen (secondary N) is 3. The molecule has 0 atom stereocenters. The summed E-state index contributed by atoms with van der Waals surface area (Å²) in [6.45, 7) is 5.51. The number of aryl methyl sites for hydroxylation is 2. The van der Waals surface area contributed by atoms with E-state index in [-0.39, 0.29) is 24.0 Å². The van der Waals surface area contributed by atoms with E-state index in [1.165, 1.54) is 0 Å². The molecule has 0 aliphatic rings. The summed E-state index contributed by atoms with van der Waals surface area (Å²) in [5, 5.41) is 10.4. The third kappa shape index (κ3) is 6.87. The van der Waals surface area contributed by atoms with Gasteiger partial charge in [-0.1, -0.05) is 23.2 Å². The Bertz CT molecular complexity index is 703. The Labute approximate surface area is 174 Å². The summed E-state index contributed by atoms with van der Waals surface area (Å²) >= 11 is 11.9. The van der Waals surface area contributed by atoms with E-state index in [1.807, 2.05) is 13.8 Å². The first-order chi connectivity index (χ1) is 11.5. The van der Waals surface area contributed by atoms with Crippen LogP contribution in [0.3, 0.4) is 0 Å². The van der Waals surface area contributed by atoms with Crippen LogP contribution in [-0.4, -0.2) is 36.1 Å². The molecule has 0 fully saturated rings. The van der Waals surface area contributed by atoms with E-state index in [9.17, 15) is 0 Å². The van der Waals surface area contributed by atoms with Crippen LogP contribution in [0.1, 0.15) is 17.3 Å². The van der Waals surface area contributed by atoms with Crippen LogP contribution in [0.15, 0.2) is 21.7 Å². The zero-order valence-corrected chi connectivity index (χ0v) is 18.0. The minimum atomic E-state index is 0. The first kappa shape index (κ1) is 21.8. The van der Waals surface area contributed by atoms with Gasteiger partial charge in [0, 0.05) is 26.3 Å². The lowest BCUT2D eigenvalue weighted by Crippen LogP contribution is -2.39. The normalized spacial score (nSPS) is 11.0. The van der Waals surface area contributed by atoms with Crippen molar-refractivity contribution in [2.75, 3.05) is 25.5 Å². The molecule has 0 aliphatic heterocycles. The number of hydrogen-bond donors (Lipinski definition) is 3. The van der Waals surface area contributed by atoms with Crippen LogP contribution in [0.2, 0.25) is 10.0 Å². The largest absolute Gasteiger partial charge is 0.444 e. The fourth-order valence-corrected chi connectivity index (χ4v) is 2.35. The van der Waals surface area contributed by atoms with Crippen molar-refractivity contribution in [3.05, 3.63) is 39.7 Å². The van der Waals surface area contributed by atoms with Gasteiger partial charge in [0.2, 0.25) is 5.89 Å². The summed E-state index contributed by atoms with van der Waals surface area (Å²) in [7, 11) is 1.70. The van der Waals surface area contributed by atoms with Gasteiger partial charge < -0.3 is 20.4 Å². The first-order valence-corrected chi connectivity index (χ1v) is 8.17. The Kier molecular flexibility index (Phi) is 9.30. The van der Waals surface area contributed by atoms with Gasteiger partial charge in [0.15, 0.2) is 5.96 Å². The topological polar surface area (TPSA) is 87.4 Å². The second-order valence-corrected chi connectivity index (χ2v) is 5.86. The molecule has 0 spiro atoms. The second kappa shape index (κ2) is 10.7. The van der Waals surface area contributed by atoms with Crippen LogP contribution >= 0.6 is 47.2 Å². The number of hydrogen-bond acceptors (Lipinski definition) is 5. The fourth-order valence-electron chi connectivity index (χ4n) is 1.90. The molecule has 25 heavy (non-hydrogen) atoms. The molecule has 0 aliphatic carbocycles. The molecule has 0 radical (unpaired) electrons. The van der Waals surface area contributed by atoms with E-state index in [0.717, 1.165) is 11.5 Å². The van der Waals surface area contributed by atoms with Gasteiger partial charge in [-0.25, -0.2) is 9.97 Å². The molecular formula is C15H21Cl2IN6O. The van der Waals surface area contributed by atoms with Crippen molar-refractivity contribution < 1.29 is 4.42 Å². The molecule has 2 aromatic rings. The van der Waals surface area contributed by atoms with Crippen molar-refractivity contribution in [3.8, 4) is 0 Å². The van der Waals surface area contributed by atoms with Crippen LogP contribution in [0.4, 0.5) is 5.82 Å². The summed E-state index contributed by atoms with van der Waals surface area (Å²) in [5.74, 6) is 2.70. The fraction of sp³-hybridized carbons (Fsp3) is 0.400. The van der Waals surface area contributed by atoms with Gasteiger partial charge in [0.05, 0.1) is 22.3 Å². The lowest BCUT2D eigenvalue weighted by atomic mass is 10.4. The van der Waals surface area contributed by atoms with Gasteiger partial charge in [-0.2, -0.15) is 0 Å². The smallest absolute Gasteiger partial charge is 0.214 e. The molecule has 0 unspecified atom stereocenters. The molecular weight excluding hydrogens is 478 g/mol. The molecule has 10 heteroatoms. The zero-order chi connectivity index (χ0) is 17.5.